The van der Waals surface area contributed by atoms with Crippen molar-refractivity contribution in [2.45, 2.75) is 26.3 Å². The molecule has 0 aliphatic heterocycles. The minimum absolute atomic E-state index is 0. The van der Waals surface area contributed by atoms with Gasteiger partial charge in [0.25, 0.3) is 5.69 Å². The highest BCUT2D eigenvalue weighted by atomic mass is 79.9. The number of halogens is 1. The second kappa shape index (κ2) is 7.23. The van der Waals surface area contributed by atoms with E-state index in [0.29, 0.717) is 17.9 Å². The van der Waals surface area contributed by atoms with E-state index in [0.717, 1.165) is 0 Å². The Labute approximate surface area is 116 Å². The van der Waals surface area contributed by atoms with Crippen LogP contribution in [0.3, 0.4) is 0 Å². The fourth-order valence-corrected chi connectivity index (χ4v) is 1.58. The van der Waals surface area contributed by atoms with E-state index in [1.807, 2.05) is 13.8 Å². The Hall–Kier alpha value is -1.27. The molecule has 1 aromatic rings. The Morgan fingerprint density at radius 2 is 1.83 bits per heavy atom. The summed E-state index contributed by atoms with van der Waals surface area (Å²) in [6, 6.07) is 4.97. The number of hydrogen-bond acceptors (Lipinski definition) is 4. The molecule has 0 spiro atoms. The number of benzene rings is 1. The predicted molar refractivity (Wildman–Crippen MR) is 75.2 cm³/mol. The van der Waals surface area contributed by atoms with Crippen LogP contribution in [0.25, 0.3) is 0 Å². The van der Waals surface area contributed by atoms with Gasteiger partial charge in [-0.1, -0.05) is 13.8 Å². The number of carbonyl (C=O) groups is 1. The van der Waals surface area contributed by atoms with Gasteiger partial charge in [0.1, 0.15) is 0 Å². The van der Waals surface area contributed by atoms with Gasteiger partial charge in [0, 0.05) is 17.7 Å². The minimum atomic E-state index is -0.545. The zero-order valence-corrected chi connectivity index (χ0v) is 12.0. The number of ketones is 1. The molecule has 1 rings (SSSR count). The Kier molecular flexibility index (Phi) is 6.72. The molecule has 0 aliphatic rings. The van der Waals surface area contributed by atoms with Crippen molar-refractivity contribution in [3.63, 3.8) is 0 Å². The first kappa shape index (κ1) is 16.7. The summed E-state index contributed by atoms with van der Waals surface area (Å²) < 4.78 is 0. The summed E-state index contributed by atoms with van der Waals surface area (Å²) in [7, 11) is 0. The summed E-state index contributed by atoms with van der Waals surface area (Å²) in [5, 5.41) is 10.5. The number of nitro groups is 1. The average Bonchev–Trinajstić information content (AvgIpc) is 2.27. The average molecular weight is 317 g/mol. The van der Waals surface area contributed by atoms with Crippen LogP contribution >= 0.6 is 17.0 Å². The maximum atomic E-state index is 11.9. The van der Waals surface area contributed by atoms with Crippen LogP contribution < -0.4 is 5.73 Å². The maximum absolute atomic E-state index is 11.9. The summed E-state index contributed by atoms with van der Waals surface area (Å²) in [5.41, 5.74) is 6.16. The second-order valence-corrected chi connectivity index (χ2v) is 4.40. The van der Waals surface area contributed by atoms with Crippen LogP contribution in [0, 0.1) is 16.0 Å². The molecule has 0 aliphatic carbocycles. The molecule has 18 heavy (non-hydrogen) atoms. The van der Waals surface area contributed by atoms with E-state index in [2.05, 4.69) is 0 Å². The molecule has 0 fully saturated rings. The lowest BCUT2D eigenvalue weighted by Crippen LogP contribution is -2.31. The summed E-state index contributed by atoms with van der Waals surface area (Å²) in [4.78, 5) is 21.8. The molecule has 1 atom stereocenters. The lowest BCUT2D eigenvalue weighted by Gasteiger charge is -2.12. The first-order valence-corrected chi connectivity index (χ1v) is 5.46. The number of non-ortho nitro benzene ring substituents is 1. The number of Topliss-reactive ketones (excluding diaryl/α,β-unsaturated/α-hetero) is 1. The predicted octanol–water partition coefficient (Wildman–Crippen LogP) is 2.73. The summed E-state index contributed by atoms with van der Waals surface area (Å²) in [6.07, 6.45) is 0.607. The number of rotatable bonds is 5. The number of hydrogen-bond donors (Lipinski definition) is 1. The van der Waals surface area contributed by atoms with Crippen molar-refractivity contribution in [1.82, 2.24) is 0 Å². The lowest BCUT2D eigenvalue weighted by molar-refractivity contribution is -0.384. The van der Waals surface area contributed by atoms with E-state index >= 15 is 0 Å². The molecule has 0 unspecified atom stereocenters. The van der Waals surface area contributed by atoms with Gasteiger partial charge in [0.2, 0.25) is 0 Å². The normalized spacial score (nSPS) is 11.8. The van der Waals surface area contributed by atoms with Gasteiger partial charge in [-0.25, -0.2) is 0 Å². The van der Waals surface area contributed by atoms with Gasteiger partial charge in [-0.15, -0.1) is 17.0 Å². The van der Waals surface area contributed by atoms with Crippen molar-refractivity contribution in [2.75, 3.05) is 0 Å². The monoisotopic (exact) mass is 316 g/mol. The van der Waals surface area contributed by atoms with E-state index in [1.54, 1.807) is 0 Å². The van der Waals surface area contributed by atoms with Crippen LogP contribution in [-0.2, 0) is 0 Å². The smallest absolute Gasteiger partial charge is 0.269 e. The Morgan fingerprint density at radius 3 is 2.22 bits per heavy atom. The van der Waals surface area contributed by atoms with Gasteiger partial charge < -0.3 is 5.73 Å². The van der Waals surface area contributed by atoms with E-state index in [-0.39, 0.29) is 28.5 Å². The highest BCUT2D eigenvalue weighted by Gasteiger charge is 2.17. The fourth-order valence-electron chi connectivity index (χ4n) is 1.58. The van der Waals surface area contributed by atoms with Gasteiger partial charge in [0.15, 0.2) is 5.78 Å². The lowest BCUT2D eigenvalue weighted by atomic mass is 9.97. The number of nitrogens with two attached hydrogens (primary N) is 1. The van der Waals surface area contributed by atoms with E-state index in [4.69, 9.17) is 5.73 Å². The molecule has 5 nitrogen and oxygen atoms in total. The van der Waals surface area contributed by atoms with Crippen molar-refractivity contribution in [3.05, 3.63) is 39.9 Å². The van der Waals surface area contributed by atoms with E-state index in [1.165, 1.54) is 24.3 Å². The van der Waals surface area contributed by atoms with Crippen LogP contribution in [0.4, 0.5) is 5.69 Å². The third kappa shape index (κ3) is 4.54. The third-order valence-electron chi connectivity index (χ3n) is 2.42. The van der Waals surface area contributed by atoms with Crippen LogP contribution in [0.15, 0.2) is 24.3 Å². The second-order valence-electron chi connectivity index (χ2n) is 4.40. The fraction of sp³-hybridized carbons (Fsp3) is 0.417. The SMILES string of the molecule is Br.CC(C)C[C@H](N)C(=O)c1ccc([N+](=O)[O-])cc1. The van der Waals surface area contributed by atoms with Gasteiger partial charge in [-0.05, 0) is 24.5 Å². The molecule has 0 heterocycles. The molecule has 1 aromatic carbocycles. The Balaban J connectivity index is 0.00000289. The molecule has 0 saturated heterocycles. The molecule has 0 saturated carbocycles. The molecule has 0 bridgehead atoms. The Morgan fingerprint density at radius 1 is 1.33 bits per heavy atom. The highest BCUT2D eigenvalue weighted by Crippen LogP contribution is 2.14. The van der Waals surface area contributed by atoms with E-state index < -0.39 is 11.0 Å². The van der Waals surface area contributed by atoms with Crippen molar-refractivity contribution in [2.24, 2.45) is 11.7 Å². The summed E-state index contributed by atoms with van der Waals surface area (Å²) in [6.45, 7) is 3.98. The number of nitro benzene ring substituents is 1. The van der Waals surface area contributed by atoms with E-state index in [9.17, 15) is 14.9 Å². The van der Waals surface area contributed by atoms with Gasteiger partial charge in [-0.3, -0.25) is 14.9 Å². The molecule has 0 aromatic heterocycles. The topological polar surface area (TPSA) is 86.2 Å². The highest BCUT2D eigenvalue weighted by molar-refractivity contribution is 8.93. The van der Waals surface area contributed by atoms with Crippen LogP contribution in [0.1, 0.15) is 30.6 Å². The molecule has 2 N–H and O–H groups in total. The molecule has 0 radical (unpaired) electrons. The summed E-state index contributed by atoms with van der Waals surface area (Å²) >= 11 is 0. The first-order valence-electron chi connectivity index (χ1n) is 5.46. The van der Waals surface area contributed by atoms with Crippen molar-refractivity contribution in [3.8, 4) is 0 Å². The van der Waals surface area contributed by atoms with Gasteiger partial charge in [-0.2, -0.15) is 0 Å². The molecule has 0 amide bonds. The molecule has 100 valence electrons. The first-order chi connectivity index (χ1) is 7.91. The minimum Gasteiger partial charge on any atom is -0.321 e. The van der Waals surface area contributed by atoms with Crippen molar-refractivity contribution < 1.29 is 9.72 Å². The number of carbonyl (C=O) groups excluding carboxylic acids is 1. The largest absolute Gasteiger partial charge is 0.321 e. The van der Waals surface area contributed by atoms with Crippen molar-refractivity contribution >= 4 is 28.5 Å². The van der Waals surface area contributed by atoms with Crippen LogP contribution in [0.5, 0.6) is 0 Å². The third-order valence-corrected chi connectivity index (χ3v) is 2.42. The quantitative estimate of drug-likeness (QED) is 0.514. The molecular weight excluding hydrogens is 300 g/mol. The zero-order valence-electron chi connectivity index (χ0n) is 10.3. The van der Waals surface area contributed by atoms with Crippen molar-refractivity contribution in [1.29, 1.82) is 0 Å². The Bertz CT molecular complexity index is 418. The maximum Gasteiger partial charge on any atom is 0.269 e. The molecular formula is C12H17BrN2O3. The van der Waals surface area contributed by atoms with Gasteiger partial charge in [0.05, 0.1) is 11.0 Å². The number of nitrogens with zero attached hydrogens (tertiary/aromatic N) is 1. The van der Waals surface area contributed by atoms with Crippen LogP contribution in [-0.4, -0.2) is 16.7 Å². The standard InChI is InChI=1S/C12H16N2O3.BrH/c1-8(2)7-11(13)12(15)9-3-5-10(6-4-9)14(16)17;/h3-6,8,11H,7,13H2,1-2H3;1H/t11-;/m0./s1. The zero-order chi connectivity index (χ0) is 13.0. The van der Waals surface area contributed by atoms with Crippen LogP contribution in [0.2, 0.25) is 0 Å². The summed E-state index contributed by atoms with van der Waals surface area (Å²) in [5.74, 6) is 0.167. The molecule has 6 heteroatoms. The van der Waals surface area contributed by atoms with Gasteiger partial charge >= 0.3 is 0 Å².